The fourth-order valence-electron chi connectivity index (χ4n) is 2.03. The Bertz CT molecular complexity index is 728. The molecule has 0 aromatic carbocycles. The van der Waals surface area contributed by atoms with Crippen LogP contribution in [0.15, 0.2) is 42.2 Å². The van der Waals surface area contributed by atoms with Crippen LogP contribution in [-0.2, 0) is 6.42 Å². The summed E-state index contributed by atoms with van der Waals surface area (Å²) in [5.74, 6) is 0.624. The molecule has 0 aliphatic heterocycles. The van der Waals surface area contributed by atoms with E-state index in [1.54, 1.807) is 18.6 Å². The number of hydrogen-bond acceptors (Lipinski definition) is 7. The lowest BCUT2D eigenvalue weighted by molar-refractivity contribution is 0.835. The zero-order valence-corrected chi connectivity index (χ0v) is 12.8. The number of rotatable bonds is 6. The number of thiazole rings is 1. The minimum Gasteiger partial charge on any atom is -0.375 e. The molecule has 3 aromatic heterocycles. The van der Waals surface area contributed by atoms with Crippen molar-refractivity contribution >= 4 is 22.4 Å². The molecule has 0 aliphatic rings. The summed E-state index contributed by atoms with van der Waals surface area (Å²) in [6, 6.07) is 5.75. The summed E-state index contributed by atoms with van der Waals surface area (Å²) in [7, 11) is 0. The highest BCUT2D eigenvalue weighted by Crippen LogP contribution is 2.16. The van der Waals surface area contributed by atoms with Crippen LogP contribution in [0.2, 0.25) is 0 Å². The number of aryl methyl sites for hydroxylation is 1. The van der Waals surface area contributed by atoms with E-state index in [0.717, 1.165) is 36.3 Å². The summed E-state index contributed by atoms with van der Waals surface area (Å²) in [6.45, 7) is 0.786. The van der Waals surface area contributed by atoms with Gasteiger partial charge in [0.05, 0.1) is 11.4 Å². The van der Waals surface area contributed by atoms with Gasteiger partial charge in [0.25, 0.3) is 0 Å². The Labute approximate surface area is 132 Å². The third-order valence-electron chi connectivity index (χ3n) is 3.08. The van der Waals surface area contributed by atoms with Gasteiger partial charge in [0.15, 0.2) is 5.13 Å². The molecule has 0 spiro atoms. The highest BCUT2D eigenvalue weighted by Gasteiger charge is 2.02. The standard InChI is InChI=1S/C15H16N6S/c16-14-20-12(10-22-14)4-2-7-18-15-19-8-5-13(21-15)11-3-1-6-17-9-11/h1,3,5-6,8-10H,2,4,7H2,(H2,16,20)(H,18,19,21). The number of pyridine rings is 1. The molecule has 0 saturated heterocycles. The predicted octanol–water partition coefficient (Wildman–Crippen LogP) is 2.62. The van der Waals surface area contributed by atoms with Crippen LogP contribution in [0.4, 0.5) is 11.1 Å². The van der Waals surface area contributed by atoms with Gasteiger partial charge >= 0.3 is 0 Å². The van der Waals surface area contributed by atoms with Gasteiger partial charge in [-0.3, -0.25) is 4.98 Å². The van der Waals surface area contributed by atoms with E-state index in [1.807, 2.05) is 23.6 Å². The van der Waals surface area contributed by atoms with Crippen molar-refractivity contribution in [1.29, 1.82) is 0 Å². The first-order chi connectivity index (χ1) is 10.8. The topological polar surface area (TPSA) is 89.6 Å². The molecule has 6 nitrogen and oxygen atoms in total. The lowest BCUT2D eigenvalue weighted by Crippen LogP contribution is -2.06. The fourth-order valence-corrected chi connectivity index (χ4v) is 2.62. The van der Waals surface area contributed by atoms with Gasteiger partial charge in [0.2, 0.25) is 5.95 Å². The first kappa shape index (κ1) is 14.4. The predicted molar refractivity (Wildman–Crippen MR) is 88.6 cm³/mol. The number of anilines is 2. The van der Waals surface area contributed by atoms with Crippen molar-refractivity contribution in [2.75, 3.05) is 17.6 Å². The van der Waals surface area contributed by atoms with Crippen molar-refractivity contribution in [3.8, 4) is 11.3 Å². The first-order valence-corrected chi connectivity index (χ1v) is 7.86. The number of aromatic nitrogens is 4. The van der Waals surface area contributed by atoms with Crippen LogP contribution in [0, 0.1) is 0 Å². The fraction of sp³-hybridized carbons (Fsp3) is 0.200. The average Bonchev–Trinajstić information content (AvgIpc) is 2.98. The van der Waals surface area contributed by atoms with Gasteiger partial charge in [0, 0.05) is 36.1 Å². The van der Waals surface area contributed by atoms with Crippen LogP contribution in [0.1, 0.15) is 12.1 Å². The molecule has 0 bridgehead atoms. The normalized spacial score (nSPS) is 10.5. The molecule has 112 valence electrons. The van der Waals surface area contributed by atoms with Gasteiger partial charge in [-0.2, -0.15) is 0 Å². The zero-order valence-electron chi connectivity index (χ0n) is 11.9. The summed E-state index contributed by atoms with van der Waals surface area (Å²) in [4.78, 5) is 17.1. The minimum atomic E-state index is 0.621. The second-order valence-corrected chi connectivity index (χ2v) is 5.60. The van der Waals surface area contributed by atoms with E-state index < -0.39 is 0 Å². The molecule has 0 atom stereocenters. The van der Waals surface area contributed by atoms with Crippen LogP contribution in [-0.4, -0.2) is 26.5 Å². The van der Waals surface area contributed by atoms with E-state index in [9.17, 15) is 0 Å². The van der Waals surface area contributed by atoms with Gasteiger partial charge in [-0.15, -0.1) is 11.3 Å². The summed E-state index contributed by atoms with van der Waals surface area (Å²) in [5.41, 5.74) is 8.49. The highest BCUT2D eigenvalue weighted by atomic mass is 32.1. The number of nitrogen functional groups attached to an aromatic ring is 1. The molecular formula is C15H16N6S. The number of nitrogens with zero attached hydrogens (tertiary/aromatic N) is 4. The zero-order chi connectivity index (χ0) is 15.2. The molecule has 3 N–H and O–H groups in total. The van der Waals surface area contributed by atoms with E-state index in [-0.39, 0.29) is 0 Å². The lowest BCUT2D eigenvalue weighted by Gasteiger charge is -2.06. The number of hydrogen-bond donors (Lipinski definition) is 2. The van der Waals surface area contributed by atoms with Crippen LogP contribution in [0.5, 0.6) is 0 Å². The summed E-state index contributed by atoms with van der Waals surface area (Å²) in [6.07, 6.45) is 7.12. The van der Waals surface area contributed by atoms with Gasteiger partial charge in [-0.25, -0.2) is 15.0 Å². The Hall–Kier alpha value is -2.54. The van der Waals surface area contributed by atoms with E-state index in [0.29, 0.717) is 11.1 Å². The van der Waals surface area contributed by atoms with Crippen LogP contribution < -0.4 is 11.1 Å². The van der Waals surface area contributed by atoms with Crippen LogP contribution >= 0.6 is 11.3 Å². The van der Waals surface area contributed by atoms with E-state index >= 15 is 0 Å². The SMILES string of the molecule is Nc1nc(CCCNc2nccc(-c3cccnc3)n2)cs1. The molecule has 0 aliphatic carbocycles. The molecule has 0 radical (unpaired) electrons. The minimum absolute atomic E-state index is 0.621. The second kappa shape index (κ2) is 6.95. The van der Waals surface area contributed by atoms with Gasteiger partial charge in [-0.1, -0.05) is 0 Å². The van der Waals surface area contributed by atoms with Gasteiger partial charge < -0.3 is 11.1 Å². The monoisotopic (exact) mass is 312 g/mol. The molecule has 3 heterocycles. The molecule has 0 fully saturated rings. The van der Waals surface area contributed by atoms with E-state index in [1.165, 1.54) is 11.3 Å². The molecule has 7 heteroatoms. The van der Waals surface area contributed by atoms with Crippen molar-refractivity contribution in [1.82, 2.24) is 19.9 Å². The molecular weight excluding hydrogens is 296 g/mol. The Morgan fingerprint density at radius 2 is 2.14 bits per heavy atom. The van der Waals surface area contributed by atoms with Crippen molar-refractivity contribution in [3.05, 3.63) is 47.9 Å². The lowest BCUT2D eigenvalue weighted by atomic mass is 10.2. The Balaban J connectivity index is 1.55. The van der Waals surface area contributed by atoms with E-state index in [4.69, 9.17) is 5.73 Å². The quantitative estimate of drug-likeness (QED) is 0.680. The molecule has 0 saturated carbocycles. The molecule has 22 heavy (non-hydrogen) atoms. The Morgan fingerprint density at radius 1 is 1.18 bits per heavy atom. The first-order valence-electron chi connectivity index (χ1n) is 6.98. The van der Waals surface area contributed by atoms with Crippen molar-refractivity contribution in [3.63, 3.8) is 0 Å². The maximum absolute atomic E-state index is 5.61. The number of nitrogens with two attached hydrogens (primary N) is 1. The summed E-state index contributed by atoms with van der Waals surface area (Å²) >= 11 is 1.47. The summed E-state index contributed by atoms with van der Waals surface area (Å²) < 4.78 is 0. The van der Waals surface area contributed by atoms with Gasteiger partial charge in [-0.05, 0) is 31.0 Å². The summed E-state index contributed by atoms with van der Waals surface area (Å²) in [5, 5.41) is 5.85. The van der Waals surface area contributed by atoms with Crippen molar-refractivity contribution < 1.29 is 0 Å². The van der Waals surface area contributed by atoms with Crippen molar-refractivity contribution in [2.24, 2.45) is 0 Å². The second-order valence-electron chi connectivity index (χ2n) is 4.71. The Morgan fingerprint density at radius 3 is 2.91 bits per heavy atom. The largest absolute Gasteiger partial charge is 0.375 e. The maximum Gasteiger partial charge on any atom is 0.223 e. The molecule has 0 amide bonds. The van der Waals surface area contributed by atoms with Crippen molar-refractivity contribution in [2.45, 2.75) is 12.8 Å². The molecule has 3 aromatic rings. The van der Waals surface area contributed by atoms with Crippen LogP contribution in [0.3, 0.4) is 0 Å². The Kier molecular flexibility index (Phi) is 4.55. The third kappa shape index (κ3) is 3.76. The number of nitrogens with one attached hydrogen (secondary N) is 1. The molecule has 3 rings (SSSR count). The third-order valence-corrected chi connectivity index (χ3v) is 3.80. The molecule has 0 unspecified atom stereocenters. The van der Waals surface area contributed by atoms with E-state index in [2.05, 4.69) is 25.3 Å². The smallest absolute Gasteiger partial charge is 0.223 e. The maximum atomic E-state index is 5.61. The average molecular weight is 312 g/mol. The van der Waals surface area contributed by atoms with Crippen LogP contribution in [0.25, 0.3) is 11.3 Å². The highest BCUT2D eigenvalue weighted by molar-refractivity contribution is 7.13. The van der Waals surface area contributed by atoms with Gasteiger partial charge in [0.1, 0.15) is 0 Å².